The minimum Gasteiger partial charge on any atom is -0.481 e. The average Bonchev–Trinajstić information content (AvgIpc) is 2.67. The molecule has 3 rings (SSSR count). The van der Waals surface area contributed by atoms with Crippen LogP contribution in [-0.4, -0.2) is 35.0 Å². The van der Waals surface area contributed by atoms with Crippen molar-refractivity contribution >= 4 is 11.9 Å². The highest BCUT2D eigenvalue weighted by atomic mass is 16.4. The van der Waals surface area contributed by atoms with Gasteiger partial charge in [0.2, 0.25) is 0 Å². The van der Waals surface area contributed by atoms with Crippen LogP contribution in [-0.2, 0) is 15.6 Å². The predicted molar refractivity (Wildman–Crippen MR) is 106 cm³/mol. The Labute approximate surface area is 160 Å². The Morgan fingerprint density at radius 3 is 1.96 bits per heavy atom. The number of piperidine rings is 1. The Balaban J connectivity index is 1.75. The average molecular weight is 365 g/mol. The van der Waals surface area contributed by atoms with Gasteiger partial charge in [-0.15, -0.1) is 0 Å². The van der Waals surface area contributed by atoms with E-state index in [1.807, 2.05) is 54.6 Å². The van der Waals surface area contributed by atoms with Gasteiger partial charge < -0.3 is 10.0 Å². The van der Waals surface area contributed by atoms with Crippen LogP contribution in [0.25, 0.3) is 0 Å². The van der Waals surface area contributed by atoms with Gasteiger partial charge in [-0.1, -0.05) is 63.2 Å². The summed E-state index contributed by atoms with van der Waals surface area (Å²) >= 11 is 0. The van der Waals surface area contributed by atoms with Crippen molar-refractivity contribution in [3.8, 4) is 0 Å². The molecule has 4 nitrogen and oxygen atoms in total. The lowest BCUT2D eigenvalue weighted by Crippen LogP contribution is -2.49. The summed E-state index contributed by atoms with van der Waals surface area (Å²) < 4.78 is 0. The number of rotatable bonds is 3. The number of benzene rings is 2. The van der Waals surface area contributed by atoms with Gasteiger partial charge in [0.1, 0.15) is 0 Å². The van der Waals surface area contributed by atoms with Gasteiger partial charge in [0.05, 0.1) is 5.41 Å². The normalized spacial score (nSPS) is 16.8. The van der Waals surface area contributed by atoms with Crippen LogP contribution in [0.3, 0.4) is 0 Å². The van der Waals surface area contributed by atoms with Crippen molar-refractivity contribution in [2.75, 3.05) is 13.1 Å². The number of carboxylic acid groups (broad SMARTS) is 1. The fourth-order valence-corrected chi connectivity index (χ4v) is 3.77. The molecule has 2 aromatic rings. The Morgan fingerprint density at radius 1 is 0.926 bits per heavy atom. The zero-order chi connectivity index (χ0) is 19.7. The van der Waals surface area contributed by atoms with Gasteiger partial charge in [-0.2, -0.15) is 0 Å². The van der Waals surface area contributed by atoms with E-state index >= 15 is 0 Å². The van der Waals surface area contributed by atoms with Crippen molar-refractivity contribution in [2.24, 2.45) is 0 Å². The van der Waals surface area contributed by atoms with Crippen LogP contribution in [0.1, 0.15) is 55.1 Å². The second-order valence-corrected chi connectivity index (χ2v) is 8.37. The molecule has 1 heterocycles. The summed E-state index contributed by atoms with van der Waals surface area (Å²) in [6.45, 7) is 7.32. The van der Waals surface area contributed by atoms with Crippen LogP contribution in [0.4, 0.5) is 0 Å². The zero-order valence-electron chi connectivity index (χ0n) is 16.2. The quantitative estimate of drug-likeness (QED) is 0.885. The van der Waals surface area contributed by atoms with Crippen LogP contribution >= 0.6 is 0 Å². The first-order valence-corrected chi connectivity index (χ1v) is 9.43. The summed E-state index contributed by atoms with van der Waals surface area (Å²) in [5.74, 6) is -0.835. The van der Waals surface area contributed by atoms with Crippen molar-refractivity contribution in [3.63, 3.8) is 0 Å². The molecule has 0 spiro atoms. The molecule has 1 aliphatic heterocycles. The van der Waals surface area contributed by atoms with Crippen molar-refractivity contribution in [1.82, 2.24) is 4.90 Å². The Hall–Kier alpha value is -2.62. The van der Waals surface area contributed by atoms with E-state index in [0.29, 0.717) is 31.5 Å². The molecule has 0 radical (unpaired) electrons. The number of amides is 1. The molecule has 142 valence electrons. The smallest absolute Gasteiger partial charge is 0.314 e. The highest BCUT2D eigenvalue weighted by Gasteiger charge is 2.43. The predicted octanol–water partition coefficient (Wildman–Crippen LogP) is 4.24. The highest BCUT2D eigenvalue weighted by molar-refractivity contribution is 5.94. The molecule has 1 N–H and O–H groups in total. The third-order valence-corrected chi connectivity index (χ3v) is 5.64. The van der Waals surface area contributed by atoms with Gasteiger partial charge >= 0.3 is 5.97 Å². The lowest BCUT2D eigenvalue weighted by atomic mass is 9.72. The van der Waals surface area contributed by atoms with E-state index in [2.05, 4.69) is 20.8 Å². The molecular weight excluding hydrogens is 338 g/mol. The number of carbonyl (C=O) groups excluding carboxylic acids is 1. The monoisotopic (exact) mass is 365 g/mol. The molecule has 0 aliphatic carbocycles. The van der Waals surface area contributed by atoms with E-state index in [4.69, 9.17) is 0 Å². The number of hydrogen-bond donors (Lipinski definition) is 1. The summed E-state index contributed by atoms with van der Waals surface area (Å²) in [5.41, 5.74) is 1.80. The number of likely N-dealkylation sites (tertiary alicyclic amines) is 1. The van der Waals surface area contributed by atoms with Crippen LogP contribution in [0, 0.1) is 0 Å². The molecule has 2 aromatic carbocycles. The van der Waals surface area contributed by atoms with Crippen molar-refractivity contribution in [2.45, 2.75) is 44.4 Å². The largest absolute Gasteiger partial charge is 0.481 e. The molecule has 1 saturated heterocycles. The van der Waals surface area contributed by atoms with Gasteiger partial charge in [0.25, 0.3) is 5.91 Å². The van der Waals surface area contributed by atoms with E-state index in [0.717, 1.165) is 5.56 Å². The van der Waals surface area contributed by atoms with Gasteiger partial charge in [0.15, 0.2) is 0 Å². The molecule has 0 saturated carbocycles. The first kappa shape index (κ1) is 19.2. The Kier molecular flexibility index (Phi) is 5.09. The van der Waals surface area contributed by atoms with E-state index in [1.165, 1.54) is 5.56 Å². The van der Waals surface area contributed by atoms with E-state index in [9.17, 15) is 14.7 Å². The topological polar surface area (TPSA) is 57.6 Å². The van der Waals surface area contributed by atoms with E-state index < -0.39 is 11.4 Å². The lowest BCUT2D eigenvalue weighted by Gasteiger charge is -2.39. The maximum atomic E-state index is 12.9. The molecule has 0 atom stereocenters. The second-order valence-electron chi connectivity index (χ2n) is 8.37. The molecule has 1 aliphatic rings. The van der Waals surface area contributed by atoms with Crippen molar-refractivity contribution in [3.05, 3.63) is 71.3 Å². The number of aliphatic carboxylic acids is 1. The number of carbonyl (C=O) groups is 2. The first-order valence-electron chi connectivity index (χ1n) is 9.43. The maximum absolute atomic E-state index is 12.9. The number of hydrogen-bond acceptors (Lipinski definition) is 2. The Bertz CT molecular complexity index is 811. The third kappa shape index (κ3) is 3.75. The molecule has 1 amide bonds. The van der Waals surface area contributed by atoms with Crippen molar-refractivity contribution < 1.29 is 14.7 Å². The van der Waals surface area contributed by atoms with E-state index in [-0.39, 0.29) is 11.3 Å². The fraction of sp³-hybridized carbons (Fsp3) is 0.391. The molecular formula is C23H27NO3. The number of carboxylic acids is 1. The number of nitrogens with zero attached hydrogens (tertiary/aromatic N) is 1. The summed E-state index contributed by atoms with van der Waals surface area (Å²) in [4.78, 5) is 26.7. The molecule has 0 aromatic heterocycles. The van der Waals surface area contributed by atoms with Crippen LogP contribution in [0.5, 0.6) is 0 Å². The highest BCUT2D eigenvalue weighted by Crippen LogP contribution is 2.36. The zero-order valence-corrected chi connectivity index (χ0v) is 16.2. The standard InChI is InChI=1S/C23H27NO3/c1-22(2,3)18-11-9-17(10-12-18)20(25)24-15-13-23(14-16-24,21(26)27)19-7-5-4-6-8-19/h4-12H,13-16H2,1-3H3,(H,26,27). The van der Waals surface area contributed by atoms with Crippen LogP contribution in [0.15, 0.2) is 54.6 Å². The molecule has 27 heavy (non-hydrogen) atoms. The summed E-state index contributed by atoms with van der Waals surface area (Å²) in [7, 11) is 0. The molecule has 0 bridgehead atoms. The van der Waals surface area contributed by atoms with Crippen LogP contribution in [0.2, 0.25) is 0 Å². The van der Waals surface area contributed by atoms with Crippen molar-refractivity contribution in [1.29, 1.82) is 0 Å². The van der Waals surface area contributed by atoms with Gasteiger partial charge in [-0.25, -0.2) is 0 Å². The maximum Gasteiger partial charge on any atom is 0.314 e. The first-order chi connectivity index (χ1) is 12.7. The molecule has 0 unspecified atom stereocenters. The molecule has 4 heteroatoms. The second kappa shape index (κ2) is 7.18. The van der Waals surface area contributed by atoms with Gasteiger partial charge in [-0.3, -0.25) is 9.59 Å². The van der Waals surface area contributed by atoms with Crippen LogP contribution < -0.4 is 0 Å². The van der Waals surface area contributed by atoms with Gasteiger partial charge in [0, 0.05) is 18.7 Å². The summed E-state index contributed by atoms with van der Waals surface area (Å²) in [6.07, 6.45) is 0.857. The SMILES string of the molecule is CC(C)(C)c1ccc(C(=O)N2CCC(C(=O)O)(c3ccccc3)CC2)cc1. The minimum absolute atomic E-state index is 0.0255. The molecule has 1 fully saturated rings. The summed E-state index contributed by atoms with van der Waals surface area (Å²) in [6, 6.07) is 17.1. The lowest BCUT2D eigenvalue weighted by molar-refractivity contribution is -0.145. The van der Waals surface area contributed by atoms with Gasteiger partial charge in [-0.05, 0) is 41.5 Å². The third-order valence-electron chi connectivity index (χ3n) is 5.64. The fourth-order valence-electron chi connectivity index (χ4n) is 3.77. The minimum atomic E-state index is -0.909. The summed E-state index contributed by atoms with van der Waals surface area (Å²) in [5, 5.41) is 9.89. The van der Waals surface area contributed by atoms with E-state index in [1.54, 1.807) is 4.90 Å². The Morgan fingerprint density at radius 2 is 1.48 bits per heavy atom.